The molecular weight excluding hydrogens is 276 g/mol. The molecule has 1 amide bonds. The lowest BCUT2D eigenvalue weighted by molar-refractivity contribution is -0.130. The summed E-state index contributed by atoms with van der Waals surface area (Å²) in [5.74, 6) is 0.162. The van der Waals surface area contributed by atoms with Gasteiger partial charge in [-0.15, -0.1) is 0 Å². The lowest BCUT2D eigenvalue weighted by Crippen LogP contribution is -2.26. The summed E-state index contributed by atoms with van der Waals surface area (Å²) in [4.78, 5) is 17.2. The highest BCUT2D eigenvalue weighted by molar-refractivity contribution is 5.83. The molecule has 2 aromatic heterocycles. The van der Waals surface area contributed by atoms with Crippen LogP contribution < -0.4 is 0 Å². The summed E-state index contributed by atoms with van der Waals surface area (Å²) in [5.41, 5.74) is 3.38. The number of hydrogen-bond acceptors (Lipinski definition) is 2. The summed E-state index contributed by atoms with van der Waals surface area (Å²) in [5, 5.41) is 8.02. The maximum absolute atomic E-state index is 12.1. The second-order valence-corrected chi connectivity index (χ2v) is 5.54. The first-order chi connectivity index (χ1) is 10.7. The summed E-state index contributed by atoms with van der Waals surface area (Å²) in [7, 11) is 1.83. The molecule has 2 N–H and O–H groups in total. The number of para-hydroxylation sites is 1. The first-order valence-corrected chi connectivity index (χ1v) is 7.51. The Morgan fingerprint density at radius 2 is 2.14 bits per heavy atom. The number of aromatic amines is 2. The van der Waals surface area contributed by atoms with E-state index in [1.165, 1.54) is 10.9 Å². The highest BCUT2D eigenvalue weighted by Gasteiger charge is 2.10. The number of amides is 1. The summed E-state index contributed by atoms with van der Waals surface area (Å²) in [6, 6.07) is 10.1. The standard InChI is InChI=1S/C17H20N4O/c1-21(12-14-9-10-19-20-14)17(22)8-4-5-13-11-18-16-7-3-2-6-15(13)16/h2-3,6-7,9-11,18H,4-5,8,12H2,1H3,(H,19,20). The predicted molar refractivity (Wildman–Crippen MR) is 86.3 cm³/mol. The molecular formula is C17H20N4O. The van der Waals surface area contributed by atoms with Crippen molar-refractivity contribution in [3.8, 4) is 0 Å². The fourth-order valence-electron chi connectivity index (χ4n) is 2.68. The molecule has 0 aliphatic carbocycles. The molecule has 2 heterocycles. The van der Waals surface area contributed by atoms with E-state index in [4.69, 9.17) is 0 Å². The molecule has 0 bridgehead atoms. The SMILES string of the molecule is CN(Cc1ccn[nH]1)C(=O)CCCc1c[nH]c2ccccc12. The molecule has 3 aromatic rings. The van der Waals surface area contributed by atoms with Gasteiger partial charge in [0.2, 0.25) is 5.91 Å². The van der Waals surface area contributed by atoms with Crippen molar-refractivity contribution < 1.29 is 4.79 Å². The van der Waals surface area contributed by atoms with E-state index in [-0.39, 0.29) is 5.91 Å². The van der Waals surface area contributed by atoms with Crippen molar-refractivity contribution in [2.75, 3.05) is 7.05 Å². The van der Waals surface area contributed by atoms with Crippen molar-refractivity contribution in [3.05, 3.63) is 54.0 Å². The molecule has 1 aromatic carbocycles. The van der Waals surface area contributed by atoms with Crippen LogP contribution in [0.25, 0.3) is 10.9 Å². The van der Waals surface area contributed by atoms with Crippen LogP contribution in [0.3, 0.4) is 0 Å². The van der Waals surface area contributed by atoms with Crippen LogP contribution >= 0.6 is 0 Å². The zero-order valence-corrected chi connectivity index (χ0v) is 12.7. The Kier molecular flexibility index (Phi) is 4.23. The van der Waals surface area contributed by atoms with Crippen molar-refractivity contribution in [1.82, 2.24) is 20.1 Å². The zero-order valence-electron chi connectivity index (χ0n) is 12.7. The Morgan fingerprint density at radius 1 is 1.27 bits per heavy atom. The minimum atomic E-state index is 0.162. The molecule has 3 rings (SSSR count). The van der Waals surface area contributed by atoms with Crippen molar-refractivity contribution in [3.63, 3.8) is 0 Å². The molecule has 5 nitrogen and oxygen atoms in total. The lowest BCUT2D eigenvalue weighted by atomic mass is 10.1. The molecule has 0 radical (unpaired) electrons. The summed E-state index contributed by atoms with van der Waals surface area (Å²) < 4.78 is 0. The number of aromatic nitrogens is 3. The molecule has 0 saturated carbocycles. The van der Waals surface area contributed by atoms with Crippen LogP contribution in [0.1, 0.15) is 24.1 Å². The number of nitrogens with one attached hydrogen (secondary N) is 2. The van der Waals surface area contributed by atoms with Crippen molar-refractivity contribution in [2.45, 2.75) is 25.8 Å². The Hall–Kier alpha value is -2.56. The molecule has 0 aliphatic rings. The van der Waals surface area contributed by atoms with E-state index in [0.717, 1.165) is 24.1 Å². The first kappa shape index (κ1) is 14.4. The Balaban J connectivity index is 1.51. The van der Waals surface area contributed by atoms with Crippen LogP contribution in [0.15, 0.2) is 42.7 Å². The van der Waals surface area contributed by atoms with Gasteiger partial charge in [-0.1, -0.05) is 18.2 Å². The van der Waals surface area contributed by atoms with Gasteiger partial charge in [0, 0.05) is 36.8 Å². The lowest BCUT2D eigenvalue weighted by Gasteiger charge is -2.15. The van der Waals surface area contributed by atoms with Gasteiger partial charge in [0.1, 0.15) is 0 Å². The van der Waals surface area contributed by atoms with Crippen LogP contribution in [0.2, 0.25) is 0 Å². The topological polar surface area (TPSA) is 64.8 Å². The van der Waals surface area contributed by atoms with Crippen LogP contribution in [0, 0.1) is 0 Å². The molecule has 5 heteroatoms. The van der Waals surface area contributed by atoms with Gasteiger partial charge in [0.15, 0.2) is 0 Å². The molecule has 0 fully saturated rings. The number of H-pyrrole nitrogens is 2. The minimum Gasteiger partial charge on any atom is -0.361 e. The van der Waals surface area contributed by atoms with Gasteiger partial charge in [-0.3, -0.25) is 9.89 Å². The Morgan fingerprint density at radius 3 is 2.95 bits per heavy atom. The van der Waals surface area contributed by atoms with E-state index in [1.807, 2.05) is 31.4 Å². The Bertz CT molecular complexity index is 745. The van der Waals surface area contributed by atoms with Crippen LogP contribution in [0.5, 0.6) is 0 Å². The van der Waals surface area contributed by atoms with E-state index >= 15 is 0 Å². The molecule has 0 saturated heterocycles. The van der Waals surface area contributed by atoms with Gasteiger partial charge in [-0.05, 0) is 30.5 Å². The normalized spacial score (nSPS) is 11.0. The first-order valence-electron chi connectivity index (χ1n) is 7.51. The number of fused-ring (bicyclic) bond motifs is 1. The van der Waals surface area contributed by atoms with Crippen molar-refractivity contribution >= 4 is 16.8 Å². The summed E-state index contributed by atoms with van der Waals surface area (Å²) >= 11 is 0. The smallest absolute Gasteiger partial charge is 0.222 e. The third-order valence-electron chi connectivity index (χ3n) is 3.90. The van der Waals surface area contributed by atoms with Gasteiger partial charge in [0.05, 0.1) is 12.2 Å². The van der Waals surface area contributed by atoms with Gasteiger partial charge in [-0.25, -0.2) is 0 Å². The van der Waals surface area contributed by atoms with Gasteiger partial charge < -0.3 is 9.88 Å². The van der Waals surface area contributed by atoms with E-state index in [9.17, 15) is 4.79 Å². The second kappa shape index (κ2) is 6.47. The highest BCUT2D eigenvalue weighted by atomic mass is 16.2. The third-order valence-corrected chi connectivity index (χ3v) is 3.90. The van der Waals surface area contributed by atoms with Crippen molar-refractivity contribution in [1.29, 1.82) is 0 Å². The van der Waals surface area contributed by atoms with E-state index in [1.54, 1.807) is 11.1 Å². The third kappa shape index (κ3) is 3.19. The van der Waals surface area contributed by atoms with Crippen LogP contribution in [-0.4, -0.2) is 33.0 Å². The van der Waals surface area contributed by atoms with Crippen LogP contribution in [0.4, 0.5) is 0 Å². The molecule has 0 unspecified atom stereocenters. The molecule has 0 atom stereocenters. The van der Waals surface area contributed by atoms with Crippen molar-refractivity contribution in [2.24, 2.45) is 0 Å². The predicted octanol–water partition coefficient (Wildman–Crippen LogP) is 2.87. The van der Waals surface area contributed by atoms with Gasteiger partial charge in [-0.2, -0.15) is 5.10 Å². The molecule has 0 spiro atoms. The fraction of sp³-hybridized carbons (Fsp3) is 0.294. The molecule has 0 aliphatic heterocycles. The average molecular weight is 296 g/mol. The van der Waals surface area contributed by atoms with Gasteiger partial charge in [0.25, 0.3) is 0 Å². The van der Waals surface area contributed by atoms with E-state index in [2.05, 4.69) is 27.3 Å². The number of nitrogens with zero attached hydrogens (tertiary/aromatic N) is 2. The van der Waals surface area contributed by atoms with E-state index in [0.29, 0.717) is 13.0 Å². The maximum Gasteiger partial charge on any atom is 0.222 e. The number of rotatable bonds is 6. The second-order valence-electron chi connectivity index (χ2n) is 5.54. The highest BCUT2D eigenvalue weighted by Crippen LogP contribution is 2.19. The molecule has 22 heavy (non-hydrogen) atoms. The number of aryl methyl sites for hydroxylation is 1. The largest absolute Gasteiger partial charge is 0.361 e. The zero-order chi connectivity index (χ0) is 15.4. The quantitative estimate of drug-likeness (QED) is 0.734. The Labute approximate surface area is 129 Å². The maximum atomic E-state index is 12.1. The van der Waals surface area contributed by atoms with Gasteiger partial charge >= 0.3 is 0 Å². The molecule has 114 valence electrons. The number of carbonyl (C=O) groups excluding carboxylic acids is 1. The summed E-state index contributed by atoms with van der Waals surface area (Å²) in [6.07, 6.45) is 6.07. The number of hydrogen-bond donors (Lipinski definition) is 2. The minimum absolute atomic E-state index is 0.162. The summed E-state index contributed by atoms with van der Waals surface area (Å²) in [6.45, 7) is 0.575. The average Bonchev–Trinajstić information content (AvgIpc) is 3.17. The number of carbonyl (C=O) groups is 1. The number of benzene rings is 1. The monoisotopic (exact) mass is 296 g/mol. The van der Waals surface area contributed by atoms with E-state index < -0.39 is 0 Å². The van der Waals surface area contributed by atoms with Crippen LogP contribution in [-0.2, 0) is 17.8 Å². The fourth-order valence-corrected chi connectivity index (χ4v) is 2.68.